The Kier molecular flexibility index (Phi) is 3.28. The number of para-hydroxylation sites is 2. The second-order valence-electron chi connectivity index (χ2n) is 6.33. The smallest absolute Gasteiger partial charge is 0.170 e. The second-order valence-corrected chi connectivity index (χ2v) is 6.33. The van der Waals surface area contributed by atoms with Crippen LogP contribution in [0.4, 0.5) is 0 Å². The number of fused-ring (bicyclic) bond motifs is 1. The summed E-state index contributed by atoms with van der Waals surface area (Å²) < 4.78 is 0. The SMILES string of the molecule is CC1(C)CC(=O)C(=C(O)c2cnc3ccccc3n2)C(=O)C1. The number of aliphatic hydroxyl groups is 1. The molecule has 0 spiro atoms. The van der Waals surface area contributed by atoms with E-state index in [0.717, 1.165) is 0 Å². The lowest BCUT2D eigenvalue weighted by molar-refractivity contribution is -0.127. The van der Waals surface area contributed by atoms with Crippen molar-refractivity contribution < 1.29 is 14.7 Å². The van der Waals surface area contributed by atoms with Gasteiger partial charge in [-0.2, -0.15) is 0 Å². The fraction of sp³-hybridized carbons (Fsp3) is 0.294. The summed E-state index contributed by atoms with van der Waals surface area (Å²) in [6.07, 6.45) is 1.85. The Morgan fingerprint density at radius 1 is 1.09 bits per heavy atom. The molecule has 1 aromatic carbocycles. The van der Waals surface area contributed by atoms with E-state index in [0.29, 0.717) is 11.0 Å². The minimum Gasteiger partial charge on any atom is -0.505 e. The zero-order valence-electron chi connectivity index (χ0n) is 12.5. The molecule has 0 radical (unpaired) electrons. The summed E-state index contributed by atoms with van der Waals surface area (Å²) in [4.78, 5) is 32.9. The van der Waals surface area contributed by atoms with Gasteiger partial charge < -0.3 is 5.11 Å². The quantitative estimate of drug-likeness (QED) is 0.497. The Labute approximate surface area is 127 Å². The molecule has 1 N–H and O–H groups in total. The van der Waals surface area contributed by atoms with E-state index < -0.39 is 0 Å². The number of aromatic nitrogens is 2. The Hall–Kier alpha value is -2.56. The molecule has 1 aliphatic rings. The van der Waals surface area contributed by atoms with E-state index in [1.165, 1.54) is 6.20 Å². The van der Waals surface area contributed by atoms with Crippen molar-refractivity contribution in [1.82, 2.24) is 9.97 Å². The molecule has 1 aromatic heterocycles. The van der Waals surface area contributed by atoms with Crippen LogP contribution in [0.1, 0.15) is 32.4 Å². The number of nitrogens with zero attached hydrogens (tertiary/aromatic N) is 2. The van der Waals surface area contributed by atoms with Gasteiger partial charge in [-0.05, 0) is 17.5 Å². The van der Waals surface area contributed by atoms with Gasteiger partial charge in [-0.15, -0.1) is 0 Å². The van der Waals surface area contributed by atoms with E-state index in [1.54, 1.807) is 12.1 Å². The summed E-state index contributed by atoms with van der Waals surface area (Å²) in [5.74, 6) is -1.05. The number of carbonyl (C=O) groups excluding carboxylic acids is 2. The summed E-state index contributed by atoms with van der Waals surface area (Å²) in [6, 6.07) is 7.21. The van der Waals surface area contributed by atoms with E-state index >= 15 is 0 Å². The lowest BCUT2D eigenvalue weighted by Crippen LogP contribution is -2.32. The van der Waals surface area contributed by atoms with Crippen LogP contribution in [0.2, 0.25) is 0 Å². The molecule has 0 amide bonds. The predicted molar refractivity (Wildman–Crippen MR) is 82.1 cm³/mol. The average molecular weight is 296 g/mol. The molecule has 3 rings (SSSR count). The van der Waals surface area contributed by atoms with Crippen LogP contribution in [-0.2, 0) is 9.59 Å². The van der Waals surface area contributed by atoms with Crippen molar-refractivity contribution in [1.29, 1.82) is 0 Å². The molecule has 2 aromatic rings. The third-order valence-corrected chi connectivity index (χ3v) is 3.76. The van der Waals surface area contributed by atoms with Gasteiger partial charge in [-0.3, -0.25) is 14.6 Å². The minimum absolute atomic E-state index is 0.148. The fourth-order valence-corrected chi connectivity index (χ4v) is 2.73. The van der Waals surface area contributed by atoms with Crippen molar-refractivity contribution in [3.8, 4) is 0 Å². The summed E-state index contributed by atoms with van der Waals surface area (Å²) in [5.41, 5.74) is 0.918. The summed E-state index contributed by atoms with van der Waals surface area (Å²) >= 11 is 0. The number of Topliss-reactive ketones (excluding diaryl/α,β-unsaturated/α-hetero) is 2. The van der Waals surface area contributed by atoms with E-state index in [2.05, 4.69) is 9.97 Å². The average Bonchev–Trinajstić information content (AvgIpc) is 2.44. The van der Waals surface area contributed by atoms with E-state index in [4.69, 9.17) is 0 Å². The molecule has 0 unspecified atom stereocenters. The molecular weight excluding hydrogens is 280 g/mol. The van der Waals surface area contributed by atoms with Crippen LogP contribution >= 0.6 is 0 Å². The van der Waals surface area contributed by atoms with Crippen LogP contribution in [0.3, 0.4) is 0 Å². The van der Waals surface area contributed by atoms with E-state index in [1.807, 2.05) is 26.0 Å². The molecule has 0 aliphatic heterocycles. The van der Waals surface area contributed by atoms with Crippen molar-refractivity contribution >= 4 is 28.4 Å². The topological polar surface area (TPSA) is 80.2 Å². The summed E-state index contributed by atoms with van der Waals surface area (Å²) in [5, 5.41) is 10.4. The monoisotopic (exact) mass is 296 g/mol. The van der Waals surface area contributed by atoms with Crippen molar-refractivity contribution in [3.05, 3.63) is 41.7 Å². The Morgan fingerprint density at radius 2 is 1.68 bits per heavy atom. The van der Waals surface area contributed by atoms with Crippen LogP contribution in [0.5, 0.6) is 0 Å². The number of carbonyl (C=O) groups is 2. The first-order chi connectivity index (χ1) is 10.4. The number of hydrogen-bond donors (Lipinski definition) is 1. The number of benzene rings is 1. The molecule has 22 heavy (non-hydrogen) atoms. The molecule has 5 nitrogen and oxygen atoms in total. The standard InChI is InChI=1S/C17H16N2O3/c1-17(2)7-13(20)15(14(21)8-17)16(22)12-9-18-10-5-3-4-6-11(10)19-12/h3-6,9,22H,7-8H2,1-2H3. The van der Waals surface area contributed by atoms with Gasteiger partial charge in [0.15, 0.2) is 17.3 Å². The van der Waals surface area contributed by atoms with Gasteiger partial charge in [-0.25, -0.2) is 4.98 Å². The molecule has 1 heterocycles. The van der Waals surface area contributed by atoms with E-state index in [-0.39, 0.29) is 46.8 Å². The number of allylic oxidation sites excluding steroid dienone is 1. The summed E-state index contributed by atoms with van der Waals surface area (Å²) in [7, 11) is 0. The highest BCUT2D eigenvalue weighted by Gasteiger charge is 2.38. The van der Waals surface area contributed by atoms with Crippen molar-refractivity contribution in [2.75, 3.05) is 0 Å². The third-order valence-electron chi connectivity index (χ3n) is 3.76. The first-order valence-corrected chi connectivity index (χ1v) is 7.09. The molecule has 0 atom stereocenters. The van der Waals surface area contributed by atoms with Gasteiger partial charge in [0, 0.05) is 12.8 Å². The van der Waals surface area contributed by atoms with Gasteiger partial charge in [0.05, 0.1) is 17.2 Å². The molecule has 5 heteroatoms. The number of ketones is 2. The lowest BCUT2D eigenvalue weighted by atomic mass is 9.73. The molecule has 112 valence electrons. The van der Waals surface area contributed by atoms with Crippen LogP contribution in [0.15, 0.2) is 36.0 Å². The molecular formula is C17H16N2O3. The molecule has 0 bridgehead atoms. The predicted octanol–water partition coefficient (Wildman–Crippen LogP) is 2.86. The molecule has 1 fully saturated rings. The highest BCUT2D eigenvalue weighted by atomic mass is 16.3. The maximum Gasteiger partial charge on any atom is 0.170 e. The van der Waals surface area contributed by atoms with Crippen molar-refractivity contribution in [2.24, 2.45) is 5.41 Å². The van der Waals surface area contributed by atoms with Crippen LogP contribution < -0.4 is 0 Å². The van der Waals surface area contributed by atoms with Crippen molar-refractivity contribution in [2.45, 2.75) is 26.7 Å². The third kappa shape index (κ3) is 2.50. The molecule has 0 saturated heterocycles. The first-order valence-electron chi connectivity index (χ1n) is 7.09. The van der Waals surface area contributed by atoms with Crippen molar-refractivity contribution in [3.63, 3.8) is 0 Å². The zero-order chi connectivity index (χ0) is 15.9. The summed E-state index contributed by atoms with van der Waals surface area (Å²) in [6.45, 7) is 3.74. The highest BCUT2D eigenvalue weighted by Crippen LogP contribution is 2.35. The Morgan fingerprint density at radius 3 is 2.32 bits per heavy atom. The number of aliphatic hydroxyl groups excluding tert-OH is 1. The van der Waals surface area contributed by atoms with Crippen LogP contribution in [-0.4, -0.2) is 26.6 Å². The van der Waals surface area contributed by atoms with Gasteiger partial charge in [-0.1, -0.05) is 26.0 Å². The van der Waals surface area contributed by atoms with Gasteiger partial charge in [0.2, 0.25) is 0 Å². The highest BCUT2D eigenvalue weighted by molar-refractivity contribution is 6.26. The zero-order valence-corrected chi connectivity index (χ0v) is 12.5. The second kappa shape index (κ2) is 5.02. The lowest BCUT2D eigenvalue weighted by Gasteiger charge is -2.28. The van der Waals surface area contributed by atoms with Gasteiger partial charge in [0.1, 0.15) is 11.3 Å². The number of hydrogen-bond acceptors (Lipinski definition) is 5. The maximum atomic E-state index is 12.2. The van der Waals surface area contributed by atoms with Gasteiger partial charge >= 0.3 is 0 Å². The minimum atomic E-state index is -0.372. The fourth-order valence-electron chi connectivity index (χ4n) is 2.73. The largest absolute Gasteiger partial charge is 0.505 e. The molecule has 1 aliphatic carbocycles. The maximum absolute atomic E-state index is 12.2. The normalized spacial score (nSPS) is 17.8. The van der Waals surface area contributed by atoms with Gasteiger partial charge in [0.25, 0.3) is 0 Å². The van der Waals surface area contributed by atoms with Crippen LogP contribution in [0, 0.1) is 5.41 Å². The first kappa shape index (κ1) is 14.4. The van der Waals surface area contributed by atoms with E-state index in [9.17, 15) is 14.7 Å². The Bertz CT molecular complexity index is 800. The Balaban J connectivity index is 2.09. The van der Waals surface area contributed by atoms with Crippen LogP contribution in [0.25, 0.3) is 16.8 Å². The number of rotatable bonds is 1. The molecule has 1 saturated carbocycles.